The van der Waals surface area contributed by atoms with Crippen molar-refractivity contribution in [3.8, 4) is 5.75 Å². The molecule has 0 spiro atoms. The summed E-state index contributed by atoms with van der Waals surface area (Å²) in [7, 11) is 1.68. The molecule has 1 aliphatic rings. The molecule has 1 aliphatic heterocycles. The van der Waals surface area contributed by atoms with Gasteiger partial charge in [0, 0.05) is 35.6 Å². The number of hydrogen-bond acceptors (Lipinski definition) is 5. The minimum Gasteiger partial charge on any atom is -0.496 e. The predicted octanol–water partition coefficient (Wildman–Crippen LogP) is 4.25. The number of ether oxygens (including phenoxy) is 2. The minimum absolute atomic E-state index is 0.0183. The second-order valence-corrected chi connectivity index (χ2v) is 8.04. The van der Waals surface area contributed by atoms with Crippen molar-refractivity contribution in [2.45, 2.75) is 44.6 Å². The van der Waals surface area contributed by atoms with Gasteiger partial charge in [0.25, 0.3) is 0 Å². The number of carbonyl (C=O) groups excluding carboxylic acids is 1. The van der Waals surface area contributed by atoms with Crippen LogP contribution in [0, 0.1) is 5.92 Å². The number of benzene rings is 1. The normalized spacial score (nSPS) is 23.0. The maximum atomic E-state index is 12.8. The molecule has 0 bridgehead atoms. The summed E-state index contributed by atoms with van der Waals surface area (Å²) in [6, 6.07) is 8.02. The molecular formula is C20H26N2O3S. The number of methoxy groups -OCH3 is 1. The summed E-state index contributed by atoms with van der Waals surface area (Å²) < 4.78 is 11.6. The number of carbonyl (C=O) groups is 1. The lowest BCUT2D eigenvalue weighted by atomic mass is 9.68. The molecule has 1 N–H and O–H groups in total. The Balaban J connectivity index is 1.92. The van der Waals surface area contributed by atoms with Gasteiger partial charge in [0.1, 0.15) is 5.75 Å². The van der Waals surface area contributed by atoms with Gasteiger partial charge in [0.2, 0.25) is 5.91 Å². The van der Waals surface area contributed by atoms with Gasteiger partial charge in [0.15, 0.2) is 5.13 Å². The zero-order valence-corrected chi connectivity index (χ0v) is 16.3. The van der Waals surface area contributed by atoms with Crippen LogP contribution in [-0.4, -0.2) is 30.7 Å². The fraction of sp³-hybridized carbons (Fsp3) is 0.500. The summed E-state index contributed by atoms with van der Waals surface area (Å²) in [5.74, 6) is 1.21. The number of amides is 1. The molecule has 1 saturated heterocycles. The summed E-state index contributed by atoms with van der Waals surface area (Å²) in [4.78, 5) is 17.0. The number of nitrogens with zero attached hydrogens (tertiary/aromatic N) is 1. The average Bonchev–Trinajstić information content (AvgIpc) is 3.14. The summed E-state index contributed by atoms with van der Waals surface area (Å²) >= 11 is 1.43. The summed E-state index contributed by atoms with van der Waals surface area (Å²) in [5.41, 5.74) is 0.784. The number of nitrogens with one attached hydrogen (secondary N) is 1. The van der Waals surface area contributed by atoms with Crippen LogP contribution in [0.4, 0.5) is 5.13 Å². The second-order valence-electron chi connectivity index (χ2n) is 7.15. The van der Waals surface area contributed by atoms with Crippen LogP contribution >= 0.6 is 11.3 Å². The zero-order valence-electron chi connectivity index (χ0n) is 15.5. The largest absolute Gasteiger partial charge is 0.496 e. The molecule has 1 aromatic heterocycles. The topological polar surface area (TPSA) is 60.5 Å². The first-order valence-electron chi connectivity index (χ1n) is 8.98. The van der Waals surface area contributed by atoms with Crippen LogP contribution in [0.25, 0.3) is 0 Å². The third-order valence-corrected chi connectivity index (χ3v) is 5.79. The zero-order chi connectivity index (χ0) is 18.6. The lowest BCUT2D eigenvalue weighted by Gasteiger charge is -2.43. The minimum atomic E-state index is -0.304. The molecule has 1 amide bonds. The van der Waals surface area contributed by atoms with Crippen LogP contribution in [0.3, 0.4) is 0 Å². The lowest BCUT2D eigenvalue weighted by molar-refractivity contribution is -0.119. The highest BCUT2D eigenvalue weighted by Gasteiger charge is 2.42. The Labute approximate surface area is 158 Å². The fourth-order valence-corrected chi connectivity index (χ4v) is 4.26. The van der Waals surface area contributed by atoms with E-state index in [0.717, 1.165) is 24.2 Å². The Morgan fingerprint density at radius 3 is 2.96 bits per heavy atom. The number of rotatable bonds is 6. The van der Waals surface area contributed by atoms with E-state index in [1.54, 1.807) is 13.3 Å². The molecule has 0 aliphatic carbocycles. The first-order chi connectivity index (χ1) is 12.5. The first kappa shape index (κ1) is 18.9. The lowest BCUT2D eigenvalue weighted by Crippen LogP contribution is -2.43. The van der Waals surface area contributed by atoms with Gasteiger partial charge in [-0.1, -0.05) is 32.0 Å². The van der Waals surface area contributed by atoms with Gasteiger partial charge in [-0.25, -0.2) is 4.98 Å². The van der Waals surface area contributed by atoms with Crippen molar-refractivity contribution in [3.05, 3.63) is 41.4 Å². The standard InChI is InChI=1S/C20H26N2O3S/c1-14(2)17-12-20(8-10-25-17,15-6-4-5-7-16(15)24-3)13-18(23)22-19-21-9-11-26-19/h4-7,9,11,14,17H,8,10,12-13H2,1-3H3,(H,21,22,23)/t17-,20-/m1/s1. The van der Waals surface area contributed by atoms with Gasteiger partial charge in [-0.2, -0.15) is 0 Å². The van der Waals surface area contributed by atoms with Crippen molar-refractivity contribution >= 4 is 22.4 Å². The molecule has 1 fully saturated rings. The Morgan fingerprint density at radius 2 is 2.27 bits per heavy atom. The third-order valence-electron chi connectivity index (χ3n) is 5.10. The number of para-hydroxylation sites is 1. The van der Waals surface area contributed by atoms with Crippen LogP contribution in [0.15, 0.2) is 35.8 Å². The van der Waals surface area contributed by atoms with Crippen molar-refractivity contribution < 1.29 is 14.3 Å². The molecular weight excluding hydrogens is 348 g/mol. The first-order valence-corrected chi connectivity index (χ1v) is 9.86. The van der Waals surface area contributed by atoms with Gasteiger partial charge in [-0.3, -0.25) is 4.79 Å². The Bertz CT molecular complexity index is 732. The predicted molar refractivity (Wildman–Crippen MR) is 104 cm³/mol. The van der Waals surface area contributed by atoms with Crippen LogP contribution in [0.2, 0.25) is 0 Å². The number of aromatic nitrogens is 1. The molecule has 1 aromatic carbocycles. The molecule has 0 saturated carbocycles. The molecule has 26 heavy (non-hydrogen) atoms. The van der Waals surface area contributed by atoms with Gasteiger partial charge in [-0.15, -0.1) is 11.3 Å². The molecule has 6 heteroatoms. The van der Waals surface area contributed by atoms with Crippen molar-refractivity contribution in [2.75, 3.05) is 19.0 Å². The van der Waals surface area contributed by atoms with Gasteiger partial charge < -0.3 is 14.8 Å². The summed E-state index contributed by atoms with van der Waals surface area (Å²) in [6.07, 6.45) is 3.80. The van der Waals surface area contributed by atoms with Crippen LogP contribution < -0.4 is 10.1 Å². The maximum Gasteiger partial charge on any atom is 0.227 e. The highest BCUT2D eigenvalue weighted by atomic mass is 32.1. The van der Waals surface area contributed by atoms with Crippen molar-refractivity contribution in [3.63, 3.8) is 0 Å². The quantitative estimate of drug-likeness (QED) is 0.821. The fourth-order valence-electron chi connectivity index (χ4n) is 3.72. The van der Waals surface area contributed by atoms with Crippen LogP contribution in [0.5, 0.6) is 5.75 Å². The van der Waals surface area contributed by atoms with E-state index in [1.165, 1.54) is 11.3 Å². The molecule has 3 rings (SSSR count). The second kappa shape index (κ2) is 8.18. The summed E-state index contributed by atoms with van der Waals surface area (Å²) in [5, 5.41) is 5.42. The van der Waals surface area contributed by atoms with E-state index in [0.29, 0.717) is 24.1 Å². The van der Waals surface area contributed by atoms with E-state index in [2.05, 4.69) is 30.2 Å². The molecule has 5 nitrogen and oxygen atoms in total. The molecule has 2 atom stereocenters. The number of hydrogen-bond donors (Lipinski definition) is 1. The molecule has 140 valence electrons. The third kappa shape index (κ3) is 4.07. The van der Waals surface area contributed by atoms with E-state index in [9.17, 15) is 4.79 Å². The van der Waals surface area contributed by atoms with E-state index in [-0.39, 0.29) is 17.4 Å². The van der Waals surface area contributed by atoms with E-state index < -0.39 is 0 Å². The van der Waals surface area contributed by atoms with E-state index in [1.807, 2.05) is 23.6 Å². The molecule has 0 radical (unpaired) electrons. The molecule has 2 aromatic rings. The summed E-state index contributed by atoms with van der Waals surface area (Å²) in [6.45, 7) is 4.97. The number of anilines is 1. The number of thiazole rings is 1. The van der Waals surface area contributed by atoms with E-state index >= 15 is 0 Å². The van der Waals surface area contributed by atoms with Gasteiger partial charge in [-0.05, 0) is 24.8 Å². The highest BCUT2D eigenvalue weighted by molar-refractivity contribution is 7.13. The molecule has 0 unspecified atom stereocenters. The maximum absolute atomic E-state index is 12.8. The van der Waals surface area contributed by atoms with Crippen molar-refractivity contribution in [1.29, 1.82) is 0 Å². The Hall–Kier alpha value is -1.92. The molecule has 2 heterocycles. The monoisotopic (exact) mass is 374 g/mol. The highest BCUT2D eigenvalue weighted by Crippen LogP contribution is 2.45. The SMILES string of the molecule is COc1ccccc1[C@]1(CC(=O)Nc2nccs2)CCO[C@@H](C(C)C)C1. The van der Waals surface area contributed by atoms with Crippen molar-refractivity contribution in [2.24, 2.45) is 5.92 Å². The van der Waals surface area contributed by atoms with Crippen molar-refractivity contribution in [1.82, 2.24) is 4.98 Å². The van der Waals surface area contributed by atoms with E-state index in [4.69, 9.17) is 9.47 Å². The Kier molecular flexibility index (Phi) is 5.94. The van der Waals surface area contributed by atoms with Crippen LogP contribution in [0.1, 0.15) is 38.7 Å². The van der Waals surface area contributed by atoms with Gasteiger partial charge in [0.05, 0.1) is 13.2 Å². The van der Waals surface area contributed by atoms with Gasteiger partial charge >= 0.3 is 0 Å². The average molecular weight is 375 g/mol. The smallest absolute Gasteiger partial charge is 0.227 e. The Morgan fingerprint density at radius 1 is 1.46 bits per heavy atom. The van der Waals surface area contributed by atoms with Crippen LogP contribution in [-0.2, 0) is 14.9 Å².